The summed E-state index contributed by atoms with van der Waals surface area (Å²) in [5, 5.41) is 20.5. The van der Waals surface area contributed by atoms with E-state index in [0.29, 0.717) is 29.2 Å². The third-order valence-corrected chi connectivity index (χ3v) is 4.83. The smallest absolute Gasteiger partial charge is 0.412 e. The minimum Gasteiger partial charge on any atom is -0.491 e. The number of carbonyl (C=O) groups is 2. The van der Waals surface area contributed by atoms with E-state index in [1.807, 2.05) is 13.0 Å². The normalized spacial score (nSPS) is 12.2. The maximum Gasteiger partial charge on any atom is 0.412 e. The fourth-order valence-electron chi connectivity index (χ4n) is 3.04. The van der Waals surface area contributed by atoms with Crippen molar-refractivity contribution >= 4 is 30.4 Å². The van der Waals surface area contributed by atoms with Crippen molar-refractivity contribution in [3.05, 3.63) is 59.7 Å². The molecule has 0 aliphatic heterocycles. The van der Waals surface area contributed by atoms with Crippen molar-refractivity contribution in [2.45, 2.75) is 25.6 Å². The van der Waals surface area contributed by atoms with Crippen LogP contribution < -0.4 is 10.1 Å². The summed E-state index contributed by atoms with van der Waals surface area (Å²) in [6.07, 6.45) is -1.86. The van der Waals surface area contributed by atoms with Crippen LogP contribution >= 0.6 is 12.6 Å². The summed E-state index contributed by atoms with van der Waals surface area (Å²) >= 11 is 3.89. The van der Waals surface area contributed by atoms with E-state index in [2.05, 4.69) is 17.9 Å². The third-order valence-electron chi connectivity index (χ3n) is 4.58. The highest BCUT2D eigenvalue weighted by molar-refractivity contribution is 7.81. The number of thiol groups is 1. The number of nitrogens with zero attached hydrogens (tertiary/aromatic N) is 1. The number of amides is 1. The fourth-order valence-corrected chi connectivity index (χ4v) is 3.13. The molecule has 0 saturated carbocycles. The van der Waals surface area contributed by atoms with Gasteiger partial charge in [-0.1, -0.05) is 12.1 Å². The molecular formula is C24H28N2O7S. The topological polar surface area (TPSA) is 127 Å². The molecule has 9 nitrogen and oxygen atoms in total. The Morgan fingerprint density at radius 3 is 2.41 bits per heavy atom. The summed E-state index contributed by atoms with van der Waals surface area (Å²) in [4.78, 5) is 24.1. The van der Waals surface area contributed by atoms with Crippen LogP contribution in [0.2, 0.25) is 0 Å². The van der Waals surface area contributed by atoms with Crippen molar-refractivity contribution in [2.24, 2.45) is 0 Å². The zero-order valence-corrected chi connectivity index (χ0v) is 19.7. The second-order valence-electron chi connectivity index (χ2n) is 6.94. The van der Waals surface area contributed by atoms with E-state index < -0.39 is 24.3 Å². The second-order valence-corrected chi connectivity index (χ2v) is 7.26. The Morgan fingerprint density at radius 1 is 1.12 bits per heavy atom. The molecule has 0 unspecified atom stereocenters. The Balaban J connectivity index is 2.20. The molecule has 2 aromatic rings. The summed E-state index contributed by atoms with van der Waals surface area (Å²) < 4.78 is 22.1. The highest BCUT2D eigenvalue weighted by atomic mass is 32.1. The van der Waals surface area contributed by atoms with Crippen LogP contribution in [0.4, 0.5) is 10.5 Å². The van der Waals surface area contributed by atoms with Crippen LogP contribution in [-0.2, 0) is 19.0 Å². The fraction of sp³-hybridized carbons (Fsp3) is 0.375. The number of aliphatic hydroxyl groups excluding tert-OH is 1. The molecule has 34 heavy (non-hydrogen) atoms. The number of hydrogen-bond acceptors (Lipinski definition) is 9. The molecule has 0 bridgehead atoms. The van der Waals surface area contributed by atoms with Gasteiger partial charge in [0.05, 0.1) is 30.6 Å². The van der Waals surface area contributed by atoms with E-state index in [1.165, 1.54) is 0 Å². The number of esters is 1. The number of nitrogens with one attached hydrogen (secondary N) is 1. The molecule has 0 spiro atoms. The van der Waals surface area contributed by atoms with Gasteiger partial charge in [-0.2, -0.15) is 17.9 Å². The maximum atomic E-state index is 12.7. The Morgan fingerprint density at radius 2 is 1.82 bits per heavy atom. The Kier molecular flexibility index (Phi) is 11.7. The molecule has 10 heteroatoms. The first-order chi connectivity index (χ1) is 16.5. The summed E-state index contributed by atoms with van der Waals surface area (Å²) in [6, 6.07) is 15.2. The number of carbonyl (C=O) groups excluding carboxylic acids is 2. The first-order valence-corrected chi connectivity index (χ1v) is 11.3. The molecule has 1 amide bonds. The van der Waals surface area contributed by atoms with Gasteiger partial charge in [0, 0.05) is 18.7 Å². The molecule has 2 atom stereocenters. The van der Waals surface area contributed by atoms with Gasteiger partial charge >= 0.3 is 12.1 Å². The molecule has 0 fully saturated rings. The van der Waals surface area contributed by atoms with Gasteiger partial charge in [0.25, 0.3) is 0 Å². The number of nitriles is 1. The third kappa shape index (κ3) is 8.94. The van der Waals surface area contributed by atoms with E-state index in [-0.39, 0.29) is 32.0 Å². The molecule has 0 aliphatic carbocycles. The van der Waals surface area contributed by atoms with E-state index >= 15 is 0 Å². The highest BCUT2D eigenvalue weighted by Crippen LogP contribution is 2.28. The van der Waals surface area contributed by atoms with Crippen LogP contribution in [0.3, 0.4) is 0 Å². The van der Waals surface area contributed by atoms with Gasteiger partial charge in [0.15, 0.2) is 6.10 Å². The maximum absolute atomic E-state index is 12.7. The van der Waals surface area contributed by atoms with Gasteiger partial charge in [-0.3, -0.25) is 10.1 Å². The average molecular weight is 489 g/mol. The predicted molar refractivity (Wildman–Crippen MR) is 128 cm³/mol. The minimum atomic E-state index is -0.820. The van der Waals surface area contributed by atoms with E-state index in [9.17, 15) is 9.59 Å². The van der Waals surface area contributed by atoms with E-state index in [0.717, 1.165) is 0 Å². The van der Waals surface area contributed by atoms with Crippen molar-refractivity contribution in [3.8, 4) is 11.8 Å². The molecule has 2 aromatic carbocycles. The molecule has 0 aliphatic rings. The lowest BCUT2D eigenvalue weighted by Gasteiger charge is -2.27. The highest BCUT2D eigenvalue weighted by Gasteiger charge is 2.28. The summed E-state index contributed by atoms with van der Waals surface area (Å²) in [5.74, 6) is 0.0517. The van der Waals surface area contributed by atoms with Gasteiger partial charge in [0.1, 0.15) is 18.5 Å². The second kappa shape index (κ2) is 14.8. The molecule has 182 valence electrons. The van der Waals surface area contributed by atoms with E-state index in [1.54, 1.807) is 48.5 Å². The molecular weight excluding hydrogens is 460 g/mol. The van der Waals surface area contributed by atoms with E-state index in [4.69, 9.17) is 29.3 Å². The first-order valence-electron chi connectivity index (χ1n) is 10.7. The minimum absolute atomic E-state index is 0.0401. The lowest BCUT2D eigenvalue weighted by Crippen LogP contribution is -2.30. The SMILES string of the molecule is CCO[C@@H](CCOC(=O)CS)[C@@H](OC(=O)Nc1ccc(C#N)cc1)c1ccc(OCCO)cc1. The Hall–Kier alpha value is -3.26. The largest absolute Gasteiger partial charge is 0.491 e. The quantitative estimate of drug-likeness (QED) is 0.289. The number of aliphatic hydroxyl groups is 1. The predicted octanol–water partition coefficient (Wildman–Crippen LogP) is 3.49. The Bertz CT molecular complexity index is 945. The number of anilines is 1. The van der Waals surface area contributed by atoms with Crippen LogP contribution in [0.1, 0.15) is 30.6 Å². The number of ether oxygens (including phenoxy) is 4. The van der Waals surface area contributed by atoms with Gasteiger partial charge < -0.3 is 24.1 Å². The van der Waals surface area contributed by atoms with Crippen LogP contribution in [0, 0.1) is 11.3 Å². The average Bonchev–Trinajstić information content (AvgIpc) is 2.86. The lowest BCUT2D eigenvalue weighted by atomic mass is 10.0. The van der Waals surface area contributed by atoms with Gasteiger partial charge in [-0.25, -0.2) is 4.79 Å². The summed E-state index contributed by atoms with van der Waals surface area (Å²) in [5.41, 5.74) is 1.57. The molecule has 2 N–H and O–H groups in total. The van der Waals surface area contributed by atoms with Crippen molar-refractivity contribution in [1.82, 2.24) is 0 Å². The molecule has 2 rings (SSSR count). The molecule has 0 saturated heterocycles. The summed E-state index contributed by atoms with van der Waals surface area (Å²) in [6.45, 7) is 2.27. The summed E-state index contributed by atoms with van der Waals surface area (Å²) in [7, 11) is 0. The standard InChI is InChI=1S/C24H28N2O7S/c1-2-30-21(11-13-32-22(28)16-34)23(18-5-9-20(10-6-18)31-14-12-27)33-24(29)26-19-7-3-17(15-25)4-8-19/h3-10,21,23,27,34H,2,11-14,16H2,1H3,(H,26,29)/t21-,23-/m0/s1. The van der Waals surface area contributed by atoms with Crippen LogP contribution in [-0.4, -0.2) is 55.5 Å². The number of hydrogen-bond donors (Lipinski definition) is 3. The molecule has 0 radical (unpaired) electrons. The monoisotopic (exact) mass is 488 g/mol. The first kappa shape index (κ1) is 27.0. The lowest BCUT2D eigenvalue weighted by molar-refractivity contribution is -0.142. The zero-order chi connectivity index (χ0) is 24.8. The van der Waals surface area contributed by atoms with Gasteiger partial charge in [-0.05, 0) is 48.9 Å². The van der Waals surface area contributed by atoms with Gasteiger partial charge in [0.2, 0.25) is 0 Å². The van der Waals surface area contributed by atoms with Crippen molar-refractivity contribution in [2.75, 3.05) is 37.5 Å². The van der Waals surface area contributed by atoms with Crippen molar-refractivity contribution < 1.29 is 33.6 Å². The molecule has 0 aromatic heterocycles. The van der Waals surface area contributed by atoms with Crippen LogP contribution in [0.25, 0.3) is 0 Å². The van der Waals surface area contributed by atoms with Crippen LogP contribution in [0.5, 0.6) is 5.75 Å². The van der Waals surface area contributed by atoms with Crippen LogP contribution in [0.15, 0.2) is 48.5 Å². The number of rotatable bonds is 13. The zero-order valence-electron chi connectivity index (χ0n) is 18.8. The Labute approximate surface area is 204 Å². The van der Waals surface area contributed by atoms with Crippen molar-refractivity contribution in [1.29, 1.82) is 5.26 Å². The van der Waals surface area contributed by atoms with Crippen molar-refractivity contribution in [3.63, 3.8) is 0 Å². The van der Waals surface area contributed by atoms with Gasteiger partial charge in [-0.15, -0.1) is 0 Å². The molecule has 0 heterocycles. The number of benzene rings is 2.